The number of hydrogen-bond donors (Lipinski definition) is 1. The van der Waals surface area contributed by atoms with E-state index in [1.807, 2.05) is 0 Å². The summed E-state index contributed by atoms with van der Waals surface area (Å²) in [5.74, 6) is 1.53. The van der Waals surface area contributed by atoms with Crippen LogP contribution in [0.1, 0.15) is 34.1 Å². The molecule has 0 aromatic carbocycles. The van der Waals surface area contributed by atoms with E-state index in [9.17, 15) is 9.90 Å². The van der Waals surface area contributed by atoms with Gasteiger partial charge in [0.05, 0.1) is 0 Å². The Kier molecular flexibility index (Phi) is 4.06. The Bertz CT molecular complexity index is 422. The van der Waals surface area contributed by atoms with Crippen LogP contribution in [0.15, 0.2) is 0 Å². The van der Waals surface area contributed by atoms with Gasteiger partial charge in [0.2, 0.25) is 0 Å². The SMILES string of the molecule is CC(=O)[C@H]1C[C@@H]2[C@@H]([Hg][Cl])[C@@H]3[C@@H](O)[C@H]1[C@H]2[C@@H]3OC(C)(C)C. The van der Waals surface area contributed by atoms with Crippen molar-refractivity contribution in [2.75, 3.05) is 0 Å². The first-order valence-electron chi connectivity index (χ1n) is 7.68. The molecule has 5 heteroatoms. The number of aliphatic hydroxyl groups excluding tert-OH is 1. The Morgan fingerprint density at radius 2 is 1.95 bits per heavy atom. The molecule has 0 aromatic heterocycles. The van der Waals surface area contributed by atoms with Crippen molar-refractivity contribution in [3.05, 3.63) is 0 Å². The summed E-state index contributed by atoms with van der Waals surface area (Å²) in [7, 11) is 6.39. The van der Waals surface area contributed by atoms with Gasteiger partial charge in [-0.3, -0.25) is 0 Å². The normalized spacial score (nSPS) is 49.5. The molecular weight excluding hydrogens is 464 g/mol. The molecule has 0 saturated heterocycles. The monoisotopic (exact) mass is 488 g/mol. The Morgan fingerprint density at radius 1 is 1.30 bits per heavy atom. The van der Waals surface area contributed by atoms with Crippen LogP contribution in [0, 0.1) is 29.6 Å². The molecule has 3 saturated carbocycles. The number of halogens is 1. The van der Waals surface area contributed by atoms with Crippen molar-refractivity contribution >= 4 is 14.0 Å². The van der Waals surface area contributed by atoms with Gasteiger partial charge in [-0.15, -0.1) is 0 Å². The summed E-state index contributed by atoms with van der Waals surface area (Å²) in [5.41, 5.74) is -0.200. The van der Waals surface area contributed by atoms with Crippen molar-refractivity contribution in [3.63, 3.8) is 0 Å². The summed E-state index contributed by atoms with van der Waals surface area (Å²) in [5, 5.41) is 10.7. The fraction of sp³-hybridized carbons (Fsp3) is 0.933. The first-order chi connectivity index (χ1) is 9.26. The molecule has 0 aromatic rings. The van der Waals surface area contributed by atoms with Crippen LogP contribution in [-0.2, 0) is 32.9 Å². The molecule has 3 aliphatic rings. The van der Waals surface area contributed by atoms with Gasteiger partial charge in [-0.05, 0) is 0 Å². The second-order valence-corrected chi connectivity index (χ2v) is 15.4. The number of aliphatic hydroxyl groups is 1. The number of ether oxygens (including phenoxy) is 1. The summed E-state index contributed by atoms with van der Waals surface area (Å²) in [6, 6.07) is 0. The van der Waals surface area contributed by atoms with Crippen LogP contribution in [0.2, 0.25) is 3.43 Å². The molecule has 8 atom stereocenters. The van der Waals surface area contributed by atoms with Gasteiger partial charge in [-0.1, -0.05) is 0 Å². The predicted octanol–water partition coefficient (Wildman–Crippen LogP) is 2.66. The van der Waals surface area contributed by atoms with E-state index in [4.69, 9.17) is 13.0 Å². The van der Waals surface area contributed by atoms with E-state index in [1.54, 1.807) is 6.92 Å². The number of Topliss-reactive ketones (excluding diaryl/α,β-unsaturated/α-hetero) is 1. The van der Waals surface area contributed by atoms with E-state index in [2.05, 4.69) is 20.8 Å². The summed E-state index contributed by atoms with van der Waals surface area (Å²) < 4.78 is 6.82. The topological polar surface area (TPSA) is 46.5 Å². The third-order valence-electron chi connectivity index (χ3n) is 5.71. The van der Waals surface area contributed by atoms with Crippen LogP contribution in [0.5, 0.6) is 0 Å². The van der Waals surface area contributed by atoms with Gasteiger partial charge in [-0.25, -0.2) is 0 Å². The Balaban J connectivity index is 1.93. The average molecular weight is 487 g/mol. The van der Waals surface area contributed by atoms with E-state index >= 15 is 0 Å². The number of carbonyl (C=O) groups excluding carboxylic acids is 1. The third-order valence-corrected chi connectivity index (χ3v) is 14.7. The van der Waals surface area contributed by atoms with Crippen molar-refractivity contribution in [2.24, 2.45) is 29.6 Å². The van der Waals surface area contributed by atoms with Crippen molar-refractivity contribution in [3.8, 4) is 0 Å². The van der Waals surface area contributed by atoms with E-state index in [-0.39, 0.29) is 41.3 Å². The Morgan fingerprint density at radius 3 is 2.45 bits per heavy atom. The summed E-state index contributed by atoms with van der Waals surface area (Å²) >= 11 is -1.48. The molecule has 0 heterocycles. The quantitative estimate of drug-likeness (QED) is 0.623. The molecule has 0 unspecified atom stereocenters. The molecule has 2 bridgehead atoms. The van der Waals surface area contributed by atoms with E-state index < -0.39 is 23.3 Å². The molecule has 3 rings (SSSR count). The summed E-state index contributed by atoms with van der Waals surface area (Å²) in [4.78, 5) is 11.9. The minimum atomic E-state index is -1.48. The molecule has 110 valence electrons. The van der Waals surface area contributed by atoms with Gasteiger partial charge in [-0.2, -0.15) is 0 Å². The third kappa shape index (κ3) is 2.22. The maximum atomic E-state index is 11.9. The molecule has 3 fully saturated rings. The molecule has 3 nitrogen and oxygen atoms in total. The molecule has 0 radical (unpaired) electrons. The van der Waals surface area contributed by atoms with Gasteiger partial charge < -0.3 is 0 Å². The molecule has 0 aliphatic heterocycles. The van der Waals surface area contributed by atoms with Crippen molar-refractivity contribution in [1.82, 2.24) is 0 Å². The number of fused-ring (bicyclic) bond motifs is 1. The first-order valence-corrected chi connectivity index (χ1v) is 17.6. The number of rotatable bonds is 3. The van der Waals surface area contributed by atoms with E-state index in [0.29, 0.717) is 15.3 Å². The van der Waals surface area contributed by atoms with E-state index in [1.165, 1.54) is 0 Å². The predicted molar refractivity (Wildman–Crippen MR) is 73.0 cm³/mol. The van der Waals surface area contributed by atoms with Gasteiger partial charge >= 0.3 is 137 Å². The van der Waals surface area contributed by atoms with Crippen molar-refractivity contribution in [2.45, 2.75) is 55.4 Å². The summed E-state index contributed by atoms with van der Waals surface area (Å²) in [6.07, 6.45) is 0.691. The molecule has 3 aliphatic carbocycles. The van der Waals surface area contributed by atoms with Crippen LogP contribution < -0.4 is 0 Å². The van der Waals surface area contributed by atoms with Crippen molar-refractivity contribution < 1.29 is 38.0 Å². The van der Waals surface area contributed by atoms with E-state index in [0.717, 1.165) is 6.42 Å². The second-order valence-electron chi connectivity index (χ2n) is 7.85. The minimum absolute atomic E-state index is 0.0395. The van der Waals surface area contributed by atoms with Gasteiger partial charge in [0.15, 0.2) is 0 Å². The Labute approximate surface area is 136 Å². The zero-order chi connectivity index (χ0) is 14.8. The van der Waals surface area contributed by atoms with Crippen LogP contribution in [0.3, 0.4) is 0 Å². The molecule has 0 amide bonds. The number of ketones is 1. The van der Waals surface area contributed by atoms with Crippen molar-refractivity contribution in [1.29, 1.82) is 0 Å². The second kappa shape index (κ2) is 5.18. The molecule has 1 N–H and O–H groups in total. The fourth-order valence-electron chi connectivity index (χ4n) is 5.26. The maximum absolute atomic E-state index is 11.9. The average Bonchev–Trinajstić information content (AvgIpc) is 2.86. The van der Waals surface area contributed by atoms with Crippen LogP contribution >= 0.6 is 8.25 Å². The fourth-order valence-corrected chi connectivity index (χ4v) is 14.9. The molecule has 20 heavy (non-hydrogen) atoms. The van der Waals surface area contributed by atoms with Gasteiger partial charge in [0.25, 0.3) is 0 Å². The Hall–Kier alpha value is 0.815. The van der Waals surface area contributed by atoms with Crippen LogP contribution in [0.25, 0.3) is 0 Å². The van der Waals surface area contributed by atoms with Gasteiger partial charge in [0.1, 0.15) is 0 Å². The van der Waals surface area contributed by atoms with Crippen LogP contribution in [0.4, 0.5) is 0 Å². The zero-order valence-corrected chi connectivity index (χ0v) is 18.9. The zero-order valence-electron chi connectivity index (χ0n) is 12.7. The van der Waals surface area contributed by atoms with Gasteiger partial charge in [0, 0.05) is 0 Å². The standard InChI is InChI=1S/C15H23O3.ClH.Hg/c1-7(16)9-5-8-6-10-13(17)12(9)11(8)14(10)18-15(2,3)4;;/h6,8-14,17H,5H2,1-4H3;1H;/q;;+1/p-1/t8-,9-,10-,11+,12-,13-,14-;;/m1../s1. The molecule has 0 spiro atoms. The number of carbonyl (C=O) groups is 1. The first kappa shape index (κ1) is 15.7. The van der Waals surface area contributed by atoms with Crippen LogP contribution in [-0.4, -0.2) is 28.7 Å². The molecular formula is C15H23ClHgO3. The number of hydrogen-bond acceptors (Lipinski definition) is 3. The summed E-state index contributed by atoms with van der Waals surface area (Å²) in [6.45, 7) is 7.89.